The molecule has 0 aliphatic heterocycles. The van der Waals surface area contributed by atoms with Gasteiger partial charge >= 0.3 is 5.97 Å². The quantitative estimate of drug-likeness (QED) is 0.779. The van der Waals surface area contributed by atoms with Gasteiger partial charge in [-0.05, 0) is 18.6 Å². The van der Waals surface area contributed by atoms with Crippen LogP contribution in [0.4, 0.5) is 4.39 Å². The van der Waals surface area contributed by atoms with Crippen molar-refractivity contribution in [3.05, 3.63) is 23.5 Å². The van der Waals surface area contributed by atoms with Crippen LogP contribution in [0.2, 0.25) is 0 Å². The minimum Gasteiger partial charge on any atom is -0.493 e. The molecule has 1 aromatic rings. The molecule has 0 aliphatic rings. The van der Waals surface area contributed by atoms with Crippen LogP contribution in [-0.2, 0) is 0 Å². The van der Waals surface area contributed by atoms with E-state index in [9.17, 15) is 9.18 Å². The minimum atomic E-state index is -1.33. The van der Waals surface area contributed by atoms with Gasteiger partial charge in [0.2, 0.25) is 0 Å². The van der Waals surface area contributed by atoms with Crippen molar-refractivity contribution in [1.29, 1.82) is 0 Å². The summed E-state index contributed by atoms with van der Waals surface area (Å²) in [6, 6.07) is 2.54. The summed E-state index contributed by atoms with van der Waals surface area (Å²) in [5, 5.41) is 8.79. The van der Waals surface area contributed by atoms with Crippen molar-refractivity contribution in [1.82, 2.24) is 0 Å². The predicted molar refractivity (Wildman–Crippen MR) is 60.3 cm³/mol. The summed E-state index contributed by atoms with van der Waals surface area (Å²) in [7, 11) is 1.38. The van der Waals surface area contributed by atoms with Crippen molar-refractivity contribution in [3.63, 3.8) is 0 Å². The van der Waals surface area contributed by atoms with E-state index in [1.54, 1.807) is 0 Å². The second kappa shape index (κ2) is 6.08. The van der Waals surface area contributed by atoms with Gasteiger partial charge in [0.05, 0.1) is 19.3 Å². The highest BCUT2D eigenvalue weighted by molar-refractivity contribution is 5.88. The first-order valence-electron chi connectivity index (χ1n) is 5.34. The number of aromatic carboxylic acids is 1. The van der Waals surface area contributed by atoms with Crippen LogP contribution in [0, 0.1) is 5.82 Å². The van der Waals surface area contributed by atoms with E-state index < -0.39 is 17.3 Å². The molecule has 94 valence electrons. The molecule has 0 radical (unpaired) electrons. The van der Waals surface area contributed by atoms with Gasteiger partial charge in [-0.15, -0.1) is 0 Å². The largest absolute Gasteiger partial charge is 0.493 e. The van der Waals surface area contributed by atoms with Gasteiger partial charge in [-0.2, -0.15) is 0 Å². The Balaban J connectivity index is 3.04. The van der Waals surface area contributed by atoms with Gasteiger partial charge in [0, 0.05) is 0 Å². The zero-order valence-corrected chi connectivity index (χ0v) is 9.83. The molecule has 0 spiro atoms. The Morgan fingerprint density at radius 1 is 1.47 bits per heavy atom. The van der Waals surface area contributed by atoms with Gasteiger partial charge in [0.25, 0.3) is 0 Å². The molecule has 5 heteroatoms. The fourth-order valence-electron chi connectivity index (χ4n) is 1.32. The van der Waals surface area contributed by atoms with E-state index in [0.717, 1.165) is 18.9 Å². The number of methoxy groups -OCH3 is 1. The highest BCUT2D eigenvalue weighted by atomic mass is 19.1. The standard InChI is InChI=1S/C12H15FO4/c1-3-4-7-17-11-9(16-2)6-5-8(10(11)13)12(14)15/h5-6H,3-4,7H2,1-2H3,(H,14,15). The summed E-state index contributed by atoms with van der Waals surface area (Å²) < 4.78 is 24.0. The maximum Gasteiger partial charge on any atom is 0.338 e. The Labute approximate surface area is 99.0 Å². The van der Waals surface area contributed by atoms with Crippen LogP contribution in [0.15, 0.2) is 12.1 Å². The lowest BCUT2D eigenvalue weighted by atomic mass is 10.2. The summed E-state index contributed by atoms with van der Waals surface area (Å²) in [6.07, 6.45) is 1.67. The highest BCUT2D eigenvalue weighted by Crippen LogP contribution is 2.32. The number of carboxylic acids is 1. The minimum absolute atomic E-state index is 0.138. The van der Waals surface area contributed by atoms with Gasteiger partial charge < -0.3 is 14.6 Å². The van der Waals surface area contributed by atoms with Crippen molar-refractivity contribution in [2.45, 2.75) is 19.8 Å². The second-order valence-corrected chi connectivity index (χ2v) is 3.47. The number of carbonyl (C=O) groups is 1. The monoisotopic (exact) mass is 242 g/mol. The van der Waals surface area contributed by atoms with Crippen LogP contribution in [-0.4, -0.2) is 24.8 Å². The topological polar surface area (TPSA) is 55.8 Å². The number of hydrogen-bond acceptors (Lipinski definition) is 3. The Morgan fingerprint density at radius 3 is 2.71 bits per heavy atom. The molecule has 0 unspecified atom stereocenters. The van der Waals surface area contributed by atoms with Crippen LogP contribution < -0.4 is 9.47 Å². The van der Waals surface area contributed by atoms with E-state index in [1.807, 2.05) is 6.92 Å². The van der Waals surface area contributed by atoms with Crippen LogP contribution in [0.1, 0.15) is 30.1 Å². The summed E-state index contributed by atoms with van der Waals surface area (Å²) in [5.74, 6) is -2.16. The van der Waals surface area contributed by atoms with Crippen LogP contribution in [0.5, 0.6) is 11.5 Å². The number of ether oxygens (including phenoxy) is 2. The molecule has 0 aromatic heterocycles. The first kappa shape index (κ1) is 13.3. The summed E-state index contributed by atoms with van der Waals surface area (Å²) in [6.45, 7) is 2.30. The van der Waals surface area contributed by atoms with Gasteiger partial charge in [-0.3, -0.25) is 0 Å². The highest BCUT2D eigenvalue weighted by Gasteiger charge is 2.19. The van der Waals surface area contributed by atoms with E-state index in [0.29, 0.717) is 6.61 Å². The lowest BCUT2D eigenvalue weighted by Gasteiger charge is -2.12. The van der Waals surface area contributed by atoms with Crippen LogP contribution >= 0.6 is 0 Å². The SMILES string of the molecule is CCCCOc1c(OC)ccc(C(=O)O)c1F. The number of rotatable bonds is 6. The Hall–Kier alpha value is -1.78. The lowest BCUT2D eigenvalue weighted by Crippen LogP contribution is -2.06. The van der Waals surface area contributed by atoms with E-state index in [2.05, 4.69) is 0 Å². The Kier molecular flexibility index (Phi) is 4.75. The smallest absolute Gasteiger partial charge is 0.338 e. The fraction of sp³-hybridized carbons (Fsp3) is 0.417. The molecular formula is C12H15FO4. The van der Waals surface area contributed by atoms with Gasteiger partial charge in [-0.25, -0.2) is 9.18 Å². The van der Waals surface area contributed by atoms with E-state index in [1.165, 1.54) is 13.2 Å². The molecule has 1 aromatic carbocycles. The molecular weight excluding hydrogens is 227 g/mol. The van der Waals surface area contributed by atoms with E-state index >= 15 is 0 Å². The lowest BCUT2D eigenvalue weighted by molar-refractivity contribution is 0.0690. The second-order valence-electron chi connectivity index (χ2n) is 3.47. The zero-order valence-electron chi connectivity index (χ0n) is 9.83. The van der Waals surface area contributed by atoms with Gasteiger partial charge in [0.15, 0.2) is 17.3 Å². The molecule has 0 fully saturated rings. The molecule has 0 saturated carbocycles. The Morgan fingerprint density at radius 2 is 2.18 bits per heavy atom. The summed E-state index contributed by atoms with van der Waals surface area (Å²) in [4.78, 5) is 10.8. The molecule has 17 heavy (non-hydrogen) atoms. The average molecular weight is 242 g/mol. The number of carboxylic acid groups (broad SMARTS) is 1. The van der Waals surface area contributed by atoms with Gasteiger partial charge in [0.1, 0.15) is 0 Å². The summed E-state index contributed by atoms with van der Waals surface area (Å²) in [5.41, 5.74) is -0.419. The van der Waals surface area contributed by atoms with Crippen molar-refractivity contribution >= 4 is 5.97 Å². The van der Waals surface area contributed by atoms with Crippen molar-refractivity contribution < 1.29 is 23.8 Å². The molecule has 0 bridgehead atoms. The Bertz CT molecular complexity index is 404. The van der Waals surface area contributed by atoms with Crippen molar-refractivity contribution in [2.75, 3.05) is 13.7 Å². The first-order valence-corrected chi connectivity index (χ1v) is 5.34. The number of halogens is 1. The molecule has 0 aliphatic carbocycles. The third-order valence-electron chi connectivity index (χ3n) is 2.26. The van der Waals surface area contributed by atoms with Gasteiger partial charge in [-0.1, -0.05) is 13.3 Å². The van der Waals surface area contributed by atoms with Crippen LogP contribution in [0.3, 0.4) is 0 Å². The zero-order chi connectivity index (χ0) is 12.8. The maximum absolute atomic E-state index is 13.8. The predicted octanol–water partition coefficient (Wildman–Crippen LogP) is 2.71. The average Bonchev–Trinajstić information content (AvgIpc) is 2.30. The van der Waals surface area contributed by atoms with Crippen molar-refractivity contribution in [2.24, 2.45) is 0 Å². The molecule has 0 heterocycles. The molecule has 1 rings (SSSR count). The first-order chi connectivity index (χ1) is 8.11. The molecule has 4 nitrogen and oxygen atoms in total. The van der Waals surface area contributed by atoms with Crippen LogP contribution in [0.25, 0.3) is 0 Å². The number of hydrogen-bond donors (Lipinski definition) is 1. The van der Waals surface area contributed by atoms with E-state index in [-0.39, 0.29) is 11.5 Å². The number of unbranched alkanes of at least 4 members (excludes halogenated alkanes) is 1. The summed E-state index contributed by atoms with van der Waals surface area (Å²) >= 11 is 0. The molecule has 0 amide bonds. The molecule has 0 saturated heterocycles. The fourth-order valence-corrected chi connectivity index (χ4v) is 1.32. The normalized spacial score (nSPS) is 10.1. The van der Waals surface area contributed by atoms with Crippen molar-refractivity contribution in [3.8, 4) is 11.5 Å². The third-order valence-corrected chi connectivity index (χ3v) is 2.26. The molecule has 0 atom stereocenters. The number of benzene rings is 1. The van der Waals surface area contributed by atoms with E-state index in [4.69, 9.17) is 14.6 Å². The maximum atomic E-state index is 13.8. The molecule has 1 N–H and O–H groups in total. The third kappa shape index (κ3) is 3.09.